The van der Waals surface area contributed by atoms with Crippen LogP contribution in [0, 0.1) is 0 Å². The molecule has 1 amide bonds. The average Bonchev–Trinajstić information content (AvgIpc) is 2.56. The summed E-state index contributed by atoms with van der Waals surface area (Å²) < 4.78 is 86.8. The van der Waals surface area contributed by atoms with Crippen LogP contribution in [0.5, 0.6) is 0 Å². The largest absolute Gasteiger partial charge is 0.444 e. The highest BCUT2D eigenvalue weighted by molar-refractivity contribution is 5.77. The Kier molecular flexibility index (Phi) is 5.62. The highest BCUT2D eigenvalue weighted by Crippen LogP contribution is 2.46. The molecule has 3 nitrogen and oxygen atoms in total. The first-order valence-corrected chi connectivity index (χ1v) is 9.68. The van der Waals surface area contributed by atoms with Gasteiger partial charge in [-0.1, -0.05) is 12.1 Å². The average molecular weight is 435 g/mol. The van der Waals surface area contributed by atoms with E-state index in [2.05, 4.69) is 0 Å². The van der Waals surface area contributed by atoms with Crippen LogP contribution in [-0.4, -0.2) is 28.7 Å². The number of benzene rings is 1. The molecule has 0 aromatic heterocycles. The van der Waals surface area contributed by atoms with E-state index in [0.717, 1.165) is 12.5 Å². The number of ether oxygens (including phenoxy) is 1. The third kappa shape index (κ3) is 4.59. The second kappa shape index (κ2) is 7.50. The molecule has 2 atom stereocenters. The zero-order valence-corrected chi connectivity index (χ0v) is 16.8. The van der Waals surface area contributed by atoms with Gasteiger partial charge in [-0.2, -0.15) is 26.3 Å². The number of alkyl halides is 6. The minimum atomic E-state index is -4.94. The summed E-state index contributed by atoms with van der Waals surface area (Å²) in [5.74, 6) is 0. The molecular weight excluding hydrogens is 412 g/mol. The van der Waals surface area contributed by atoms with Crippen LogP contribution in [0.15, 0.2) is 24.3 Å². The predicted octanol–water partition coefficient (Wildman–Crippen LogP) is 6.67. The minimum Gasteiger partial charge on any atom is -0.444 e. The molecule has 2 unspecified atom stereocenters. The van der Waals surface area contributed by atoms with Gasteiger partial charge in [0.15, 0.2) is 0 Å². The molecule has 1 aromatic rings. The van der Waals surface area contributed by atoms with Crippen molar-refractivity contribution in [3.8, 4) is 0 Å². The summed E-state index contributed by atoms with van der Waals surface area (Å²) in [7, 11) is 0. The number of rotatable bonds is 1. The Bertz CT molecular complexity index is 818. The first-order valence-electron chi connectivity index (χ1n) is 9.68. The molecule has 30 heavy (non-hydrogen) atoms. The Morgan fingerprint density at radius 2 is 1.57 bits per heavy atom. The maximum absolute atomic E-state index is 13.6. The van der Waals surface area contributed by atoms with Crippen LogP contribution in [-0.2, 0) is 17.1 Å². The van der Waals surface area contributed by atoms with Gasteiger partial charge in [-0.15, -0.1) is 0 Å². The Labute approximate surface area is 170 Å². The standard InChI is InChI=1S/C21H23F6NO2/c1-19(2,3)30-18(29)28-13-6-4-7-14(28)11-12(10-13)17-15(20(22,23)24)8-5-9-16(17)21(25,26)27/h5,8-10,13-14H,4,6-7,11H2,1-3H3. The molecule has 9 heteroatoms. The number of fused-ring (bicyclic) bond motifs is 2. The maximum atomic E-state index is 13.6. The lowest BCUT2D eigenvalue weighted by Gasteiger charge is -2.45. The van der Waals surface area contributed by atoms with Gasteiger partial charge < -0.3 is 4.74 Å². The van der Waals surface area contributed by atoms with Gasteiger partial charge in [-0.3, -0.25) is 4.90 Å². The van der Waals surface area contributed by atoms with E-state index in [4.69, 9.17) is 4.74 Å². The van der Waals surface area contributed by atoms with Crippen molar-refractivity contribution >= 4 is 11.7 Å². The quantitative estimate of drug-likeness (QED) is 0.461. The second-order valence-corrected chi connectivity index (χ2v) is 8.66. The van der Waals surface area contributed by atoms with Gasteiger partial charge in [0.1, 0.15) is 5.60 Å². The summed E-state index contributed by atoms with van der Waals surface area (Å²) in [6, 6.07) is 0.987. The van der Waals surface area contributed by atoms with E-state index in [1.54, 1.807) is 20.8 Å². The van der Waals surface area contributed by atoms with Crippen molar-refractivity contribution in [3.05, 3.63) is 41.0 Å². The molecule has 0 saturated carbocycles. The molecule has 0 aliphatic carbocycles. The number of carbonyl (C=O) groups excluding carboxylic acids is 1. The van der Waals surface area contributed by atoms with Crippen LogP contribution in [0.3, 0.4) is 0 Å². The Hall–Kier alpha value is -2.19. The van der Waals surface area contributed by atoms with Crippen molar-refractivity contribution in [3.63, 3.8) is 0 Å². The number of hydrogen-bond donors (Lipinski definition) is 0. The SMILES string of the molecule is CC(C)(C)OC(=O)N1C2C=C(c3c(C(F)(F)F)cccc3C(F)(F)F)CC1CCC2. The van der Waals surface area contributed by atoms with Crippen molar-refractivity contribution < 1.29 is 35.9 Å². The number of nitrogens with zero attached hydrogens (tertiary/aromatic N) is 1. The molecule has 2 heterocycles. The zero-order valence-electron chi connectivity index (χ0n) is 16.8. The van der Waals surface area contributed by atoms with Gasteiger partial charge in [-0.25, -0.2) is 4.79 Å². The van der Waals surface area contributed by atoms with Crippen LogP contribution in [0.1, 0.15) is 63.1 Å². The van der Waals surface area contributed by atoms with Crippen LogP contribution < -0.4 is 0 Å². The molecular formula is C21H23F6NO2. The topological polar surface area (TPSA) is 29.5 Å². The summed E-state index contributed by atoms with van der Waals surface area (Å²) in [5, 5.41) is 0. The normalized spacial score (nSPS) is 22.6. The van der Waals surface area contributed by atoms with Gasteiger partial charge in [0.25, 0.3) is 0 Å². The van der Waals surface area contributed by atoms with Gasteiger partial charge in [0.2, 0.25) is 0 Å². The highest BCUT2D eigenvalue weighted by Gasteiger charge is 2.45. The molecule has 2 bridgehead atoms. The van der Waals surface area contributed by atoms with Crippen LogP contribution >= 0.6 is 0 Å². The third-order valence-electron chi connectivity index (χ3n) is 5.24. The zero-order chi connectivity index (χ0) is 22.5. The van der Waals surface area contributed by atoms with Gasteiger partial charge in [0, 0.05) is 11.6 Å². The minimum absolute atomic E-state index is 0.0234. The first-order chi connectivity index (χ1) is 13.7. The fraction of sp³-hybridized carbons (Fsp3) is 0.571. The van der Waals surface area contributed by atoms with Gasteiger partial charge in [0.05, 0.1) is 17.2 Å². The number of amides is 1. The van der Waals surface area contributed by atoms with E-state index in [0.29, 0.717) is 25.0 Å². The molecule has 0 spiro atoms. The molecule has 1 fully saturated rings. The molecule has 1 aromatic carbocycles. The van der Waals surface area contributed by atoms with Crippen LogP contribution in [0.25, 0.3) is 5.57 Å². The fourth-order valence-corrected chi connectivity index (χ4v) is 4.18. The Morgan fingerprint density at radius 3 is 2.03 bits per heavy atom. The molecule has 0 N–H and O–H groups in total. The first kappa shape index (κ1) is 22.5. The molecule has 3 rings (SSSR count). The lowest BCUT2D eigenvalue weighted by Crippen LogP contribution is -2.53. The monoisotopic (exact) mass is 435 g/mol. The van der Waals surface area contributed by atoms with Crippen molar-refractivity contribution in [2.75, 3.05) is 0 Å². The lowest BCUT2D eigenvalue weighted by molar-refractivity contribution is -0.143. The molecule has 0 radical (unpaired) electrons. The van der Waals surface area contributed by atoms with Crippen LogP contribution in [0.4, 0.5) is 31.1 Å². The molecule has 166 valence electrons. The summed E-state index contributed by atoms with van der Waals surface area (Å²) >= 11 is 0. The van der Waals surface area contributed by atoms with Gasteiger partial charge >= 0.3 is 18.4 Å². The molecule has 1 saturated heterocycles. The third-order valence-corrected chi connectivity index (χ3v) is 5.24. The van der Waals surface area contributed by atoms with Crippen molar-refractivity contribution in [1.29, 1.82) is 0 Å². The predicted molar refractivity (Wildman–Crippen MR) is 98.5 cm³/mol. The highest BCUT2D eigenvalue weighted by atomic mass is 19.4. The fourth-order valence-electron chi connectivity index (χ4n) is 4.18. The smallest absolute Gasteiger partial charge is 0.417 e. The number of hydrogen-bond acceptors (Lipinski definition) is 2. The number of piperidine rings is 1. The lowest BCUT2D eigenvalue weighted by atomic mass is 9.80. The summed E-state index contributed by atoms with van der Waals surface area (Å²) in [5.41, 5.74) is -4.25. The summed E-state index contributed by atoms with van der Waals surface area (Å²) in [6.45, 7) is 5.09. The summed E-state index contributed by atoms with van der Waals surface area (Å²) in [6.07, 6.45) is -7.52. The Morgan fingerprint density at radius 1 is 1.00 bits per heavy atom. The van der Waals surface area contributed by atoms with E-state index >= 15 is 0 Å². The maximum Gasteiger partial charge on any atom is 0.417 e. The summed E-state index contributed by atoms with van der Waals surface area (Å²) in [4.78, 5) is 14.1. The van der Waals surface area contributed by atoms with E-state index < -0.39 is 52.8 Å². The van der Waals surface area contributed by atoms with E-state index in [9.17, 15) is 31.1 Å². The van der Waals surface area contributed by atoms with Crippen molar-refractivity contribution in [2.24, 2.45) is 0 Å². The number of carbonyl (C=O) groups is 1. The van der Waals surface area contributed by atoms with Crippen LogP contribution in [0.2, 0.25) is 0 Å². The van der Waals surface area contributed by atoms with E-state index in [1.807, 2.05) is 0 Å². The Balaban J connectivity index is 2.09. The van der Waals surface area contributed by atoms with Crippen molar-refractivity contribution in [1.82, 2.24) is 4.90 Å². The molecule has 2 aliphatic heterocycles. The number of halogens is 6. The van der Waals surface area contributed by atoms with Gasteiger partial charge in [-0.05, 0) is 64.2 Å². The molecule has 2 aliphatic rings. The second-order valence-electron chi connectivity index (χ2n) is 8.66. The van der Waals surface area contributed by atoms with E-state index in [1.165, 1.54) is 11.0 Å². The van der Waals surface area contributed by atoms with E-state index in [-0.39, 0.29) is 12.0 Å². The van der Waals surface area contributed by atoms with Crippen molar-refractivity contribution in [2.45, 2.75) is 76.5 Å².